The zero-order valence-electron chi connectivity index (χ0n) is 39.8. The van der Waals surface area contributed by atoms with Crippen LogP contribution in [0.4, 0.5) is 0 Å². The van der Waals surface area contributed by atoms with Crippen molar-refractivity contribution in [2.75, 3.05) is 13.2 Å². The molecular formula is C56H90O6. The molecule has 0 rings (SSSR count). The van der Waals surface area contributed by atoms with Crippen molar-refractivity contribution in [3.8, 4) is 0 Å². The third-order valence-corrected chi connectivity index (χ3v) is 10.2. The molecule has 0 heterocycles. The van der Waals surface area contributed by atoms with Crippen molar-refractivity contribution in [3.05, 3.63) is 109 Å². The summed E-state index contributed by atoms with van der Waals surface area (Å²) in [6, 6.07) is 0. The molecule has 0 saturated carbocycles. The Labute approximate surface area is 380 Å². The van der Waals surface area contributed by atoms with E-state index in [-0.39, 0.29) is 31.1 Å². The van der Waals surface area contributed by atoms with E-state index in [1.807, 2.05) is 0 Å². The standard InChI is InChI=1S/C56H90O6/c1-4-7-10-13-16-19-22-24-26-27-28-30-31-34-37-40-43-46-49-55(58)61-52-53(51-60-54(57)48-45-42-39-36-33-21-18-15-12-9-6-3)62-56(59)50-47-44-41-38-35-32-29-25-23-20-17-14-11-8-5-2/h8,11,14-24,26-28,30,33,53H,4-7,9-10,12-13,25,29,31-32,34-52H2,1-3H3/b11-8-,17-14-,18-15-,19-16-,23-20-,24-22-,27-26-,30-28-,33-21-. The highest BCUT2D eigenvalue weighted by Crippen LogP contribution is 2.13. The molecule has 1 atom stereocenters. The Morgan fingerprint density at radius 3 is 1.06 bits per heavy atom. The molecule has 0 aromatic carbocycles. The van der Waals surface area contributed by atoms with Crippen LogP contribution in [0, 0.1) is 0 Å². The van der Waals surface area contributed by atoms with Gasteiger partial charge in [0, 0.05) is 19.3 Å². The maximum absolute atomic E-state index is 12.8. The molecule has 0 amide bonds. The summed E-state index contributed by atoms with van der Waals surface area (Å²) in [6.45, 7) is 6.34. The Bertz CT molecular complexity index is 1310. The minimum Gasteiger partial charge on any atom is -0.462 e. The number of carbonyl (C=O) groups excluding carboxylic acids is 3. The van der Waals surface area contributed by atoms with Crippen LogP contribution < -0.4 is 0 Å². The van der Waals surface area contributed by atoms with Crippen LogP contribution in [-0.2, 0) is 28.6 Å². The van der Waals surface area contributed by atoms with Gasteiger partial charge in [-0.1, -0.05) is 214 Å². The van der Waals surface area contributed by atoms with Crippen LogP contribution in [0.15, 0.2) is 109 Å². The number of hydrogen-bond donors (Lipinski definition) is 0. The molecule has 6 nitrogen and oxygen atoms in total. The molecule has 0 aromatic heterocycles. The molecular weight excluding hydrogens is 769 g/mol. The average molecular weight is 859 g/mol. The van der Waals surface area contributed by atoms with Crippen LogP contribution in [0.1, 0.15) is 207 Å². The van der Waals surface area contributed by atoms with E-state index < -0.39 is 6.10 Å². The Kier molecular flexibility index (Phi) is 46.6. The van der Waals surface area contributed by atoms with Gasteiger partial charge in [0.1, 0.15) is 13.2 Å². The zero-order chi connectivity index (χ0) is 45.1. The molecule has 0 saturated heterocycles. The first-order chi connectivity index (χ1) is 30.5. The summed E-state index contributed by atoms with van der Waals surface area (Å²) in [5.74, 6) is -0.976. The number of carbonyl (C=O) groups is 3. The van der Waals surface area contributed by atoms with Crippen LogP contribution in [0.3, 0.4) is 0 Å². The molecule has 1 unspecified atom stereocenters. The highest BCUT2D eigenvalue weighted by molar-refractivity contribution is 5.71. The first-order valence-electron chi connectivity index (χ1n) is 25.0. The van der Waals surface area contributed by atoms with Gasteiger partial charge in [0.25, 0.3) is 0 Å². The monoisotopic (exact) mass is 859 g/mol. The number of ether oxygens (including phenoxy) is 3. The first-order valence-corrected chi connectivity index (χ1v) is 25.0. The number of unbranched alkanes of at least 4 members (excludes halogenated alkanes) is 20. The second-order valence-corrected chi connectivity index (χ2v) is 16.2. The summed E-state index contributed by atoms with van der Waals surface area (Å²) >= 11 is 0. The third-order valence-electron chi connectivity index (χ3n) is 10.2. The van der Waals surface area contributed by atoms with Crippen LogP contribution in [0.2, 0.25) is 0 Å². The van der Waals surface area contributed by atoms with Gasteiger partial charge < -0.3 is 14.2 Å². The van der Waals surface area contributed by atoms with Gasteiger partial charge in [0.05, 0.1) is 0 Å². The van der Waals surface area contributed by atoms with Gasteiger partial charge >= 0.3 is 17.9 Å². The largest absolute Gasteiger partial charge is 0.462 e. The summed E-state index contributed by atoms with van der Waals surface area (Å²) in [5, 5.41) is 0. The van der Waals surface area contributed by atoms with Gasteiger partial charge in [-0.15, -0.1) is 0 Å². The van der Waals surface area contributed by atoms with Crippen molar-refractivity contribution in [1.82, 2.24) is 0 Å². The lowest BCUT2D eigenvalue weighted by molar-refractivity contribution is -0.167. The minimum atomic E-state index is -0.806. The SMILES string of the molecule is CC\C=C/C=C\C=C/CCCCCCCCCC(=O)OC(COC(=O)CCCCC/C=C\C=C/CCCC)COC(=O)CCCCCCC\C=C/C=C\C=C/C=C\CCCCC. The van der Waals surface area contributed by atoms with E-state index in [2.05, 4.69) is 130 Å². The fourth-order valence-corrected chi connectivity index (χ4v) is 6.37. The quantitative estimate of drug-likeness (QED) is 0.0263. The maximum atomic E-state index is 12.8. The predicted molar refractivity (Wildman–Crippen MR) is 265 cm³/mol. The molecule has 62 heavy (non-hydrogen) atoms. The molecule has 350 valence electrons. The zero-order valence-corrected chi connectivity index (χ0v) is 39.8. The Morgan fingerprint density at radius 2 is 0.645 bits per heavy atom. The van der Waals surface area contributed by atoms with E-state index in [1.165, 1.54) is 51.4 Å². The van der Waals surface area contributed by atoms with E-state index in [0.29, 0.717) is 19.3 Å². The smallest absolute Gasteiger partial charge is 0.306 e. The molecule has 0 spiro atoms. The highest BCUT2D eigenvalue weighted by Gasteiger charge is 2.19. The molecule has 0 aromatic rings. The lowest BCUT2D eigenvalue weighted by atomic mass is 10.1. The van der Waals surface area contributed by atoms with Crippen molar-refractivity contribution in [1.29, 1.82) is 0 Å². The van der Waals surface area contributed by atoms with E-state index in [1.54, 1.807) is 0 Å². The maximum Gasteiger partial charge on any atom is 0.306 e. The number of hydrogen-bond acceptors (Lipinski definition) is 6. The van der Waals surface area contributed by atoms with E-state index >= 15 is 0 Å². The Hall–Kier alpha value is -3.93. The highest BCUT2D eigenvalue weighted by atomic mass is 16.6. The van der Waals surface area contributed by atoms with Crippen molar-refractivity contribution in [2.24, 2.45) is 0 Å². The second kappa shape index (κ2) is 49.7. The van der Waals surface area contributed by atoms with E-state index in [9.17, 15) is 14.4 Å². The molecule has 0 aliphatic rings. The molecule has 0 bridgehead atoms. The fraction of sp³-hybridized carbons (Fsp3) is 0.625. The molecule has 6 heteroatoms. The summed E-state index contributed by atoms with van der Waals surface area (Å²) in [5.41, 5.74) is 0. The third kappa shape index (κ3) is 47.1. The van der Waals surface area contributed by atoms with Gasteiger partial charge in [0.2, 0.25) is 0 Å². The molecule has 0 aliphatic carbocycles. The van der Waals surface area contributed by atoms with Crippen LogP contribution in [-0.4, -0.2) is 37.2 Å². The summed E-state index contributed by atoms with van der Waals surface area (Å²) in [4.78, 5) is 37.9. The fourth-order valence-electron chi connectivity index (χ4n) is 6.37. The lowest BCUT2D eigenvalue weighted by Gasteiger charge is -2.18. The average Bonchev–Trinajstić information content (AvgIpc) is 3.27. The summed E-state index contributed by atoms with van der Waals surface area (Å²) < 4.78 is 16.7. The van der Waals surface area contributed by atoms with Gasteiger partial charge in [-0.2, -0.15) is 0 Å². The summed E-state index contributed by atoms with van der Waals surface area (Å²) in [7, 11) is 0. The summed E-state index contributed by atoms with van der Waals surface area (Å²) in [6.07, 6.45) is 66.4. The second-order valence-electron chi connectivity index (χ2n) is 16.2. The van der Waals surface area contributed by atoms with Crippen molar-refractivity contribution >= 4 is 17.9 Å². The van der Waals surface area contributed by atoms with Crippen molar-refractivity contribution < 1.29 is 28.6 Å². The van der Waals surface area contributed by atoms with Crippen molar-refractivity contribution in [3.63, 3.8) is 0 Å². The lowest BCUT2D eigenvalue weighted by Crippen LogP contribution is -2.30. The normalized spacial score (nSPS) is 13.0. The van der Waals surface area contributed by atoms with Crippen LogP contribution >= 0.6 is 0 Å². The molecule has 0 fully saturated rings. The minimum absolute atomic E-state index is 0.106. The predicted octanol–water partition coefficient (Wildman–Crippen LogP) is 16.4. The molecule has 0 aliphatic heterocycles. The van der Waals surface area contributed by atoms with Gasteiger partial charge in [-0.25, -0.2) is 0 Å². The van der Waals surface area contributed by atoms with Crippen LogP contribution in [0.5, 0.6) is 0 Å². The van der Waals surface area contributed by atoms with Crippen LogP contribution in [0.25, 0.3) is 0 Å². The van der Waals surface area contributed by atoms with E-state index in [4.69, 9.17) is 14.2 Å². The van der Waals surface area contributed by atoms with Gasteiger partial charge in [-0.3, -0.25) is 14.4 Å². The Morgan fingerprint density at radius 1 is 0.339 bits per heavy atom. The number of rotatable bonds is 43. The van der Waals surface area contributed by atoms with Crippen molar-refractivity contribution in [2.45, 2.75) is 213 Å². The number of allylic oxidation sites excluding steroid dienone is 18. The Balaban J connectivity index is 4.49. The molecule has 0 radical (unpaired) electrons. The van der Waals surface area contributed by atoms with Gasteiger partial charge in [0.15, 0.2) is 6.10 Å². The molecule has 0 N–H and O–H groups in total. The topological polar surface area (TPSA) is 78.9 Å². The van der Waals surface area contributed by atoms with E-state index in [0.717, 1.165) is 116 Å². The van der Waals surface area contributed by atoms with Gasteiger partial charge in [-0.05, 0) is 83.5 Å². The first kappa shape index (κ1) is 58.1. The number of esters is 3.